The minimum atomic E-state index is -3.42. The molecule has 2 N–H and O–H groups in total. The van der Waals surface area contributed by atoms with Gasteiger partial charge in [-0.1, -0.05) is 26.7 Å². The topological polar surface area (TPSA) is 83.0 Å². The van der Waals surface area contributed by atoms with Gasteiger partial charge in [0, 0.05) is 31.1 Å². The number of nitrogens with one attached hydrogen (secondary N) is 2. The summed E-state index contributed by atoms with van der Waals surface area (Å²) < 4.78 is 32.6. The van der Waals surface area contributed by atoms with Crippen LogP contribution in [0.4, 0.5) is 0 Å². The number of hydrogen-bond donors (Lipinski definition) is 2. The Hall–Kier alpha value is -1.16. The lowest BCUT2D eigenvalue weighted by atomic mass is 10.0. The van der Waals surface area contributed by atoms with Crippen molar-refractivity contribution >= 4 is 27.3 Å². The van der Waals surface area contributed by atoms with Gasteiger partial charge < -0.3 is 15.4 Å². The van der Waals surface area contributed by atoms with Crippen molar-refractivity contribution in [3.63, 3.8) is 0 Å². The number of sulfonamides is 1. The molecule has 1 aromatic heterocycles. The molecule has 0 bridgehead atoms. The van der Waals surface area contributed by atoms with Gasteiger partial charge in [0.15, 0.2) is 5.96 Å². The summed E-state index contributed by atoms with van der Waals surface area (Å²) in [5.41, 5.74) is 0. The fourth-order valence-electron chi connectivity index (χ4n) is 3.01. The largest absolute Gasteiger partial charge is 0.379 e. The average molecular weight is 431 g/mol. The van der Waals surface area contributed by atoms with Crippen molar-refractivity contribution in [2.75, 3.05) is 33.4 Å². The number of rotatable bonds is 9. The minimum Gasteiger partial charge on any atom is -0.379 e. The van der Waals surface area contributed by atoms with Crippen LogP contribution in [0, 0.1) is 5.92 Å². The van der Waals surface area contributed by atoms with Crippen LogP contribution < -0.4 is 10.6 Å². The number of ether oxygens (including phenoxy) is 1. The van der Waals surface area contributed by atoms with E-state index in [9.17, 15) is 8.42 Å². The molecule has 0 aromatic carbocycles. The van der Waals surface area contributed by atoms with E-state index in [1.807, 2.05) is 6.07 Å². The maximum Gasteiger partial charge on any atom is 0.252 e. The van der Waals surface area contributed by atoms with Gasteiger partial charge in [0.2, 0.25) is 0 Å². The highest BCUT2D eigenvalue weighted by Gasteiger charge is 2.27. The SMILES string of the molecule is CN=C(NCc1ccc(S(=O)(=O)N2CCOCC2)s1)NC(C)CCCC(C)C. The minimum absolute atomic E-state index is 0.338. The van der Waals surface area contributed by atoms with Crippen LogP contribution >= 0.6 is 11.3 Å². The van der Waals surface area contributed by atoms with Gasteiger partial charge in [0.25, 0.3) is 10.0 Å². The summed E-state index contributed by atoms with van der Waals surface area (Å²) >= 11 is 1.31. The third-order valence-electron chi connectivity index (χ3n) is 4.66. The van der Waals surface area contributed by atoms with Gasteiger partial charge in [-0.25, -0.2) is 8.42 Å². The normalized spacial score (nSPS) is 17.7. The second-order valence-electron chi connectivity index (χ2n) is 7.53. The quantitative estimate of drug-likeness (QED) is 0.465. The van der Waals surface area contributed by atoms with E-state index in [1.165, 1.54) is 28.5 Å². The van der Waals surface area contributed by atoms with Gasteiger partial charge in [0.1, 0.15) is 4.21 Å². The van der Waals surface area contributed by atoms with Gasteiger partial charge in [-0.2, -0.15) is 4.31 Å². The molecule has 0 aliphatic carbocycles. The molecule has 0 amide bonds. The molecule has 1 aliphatic rings. The van der Waals surface area contributed by atoms with E-state index in [2.05, 4.69) is 36.4 Å². The summed E-state index contributed by atoms with van der Waals surface area (Å²) in [5.74, 6) is 1.47. The smallest absolute Gasteiger partial charge is 0.252 e. The number of morpholine rings is 1. The fourth-order valence-corrected chi connectivity index (χ4v) is 5.87. The Labute approximate surface area is 173 Å². The molecule has 2 rings (SSSR count). The molecule has 7 nitrogen and oxygen atoms in total. The third-order valence-corrected chi connectivity index (χ3v) is 8.11. The van der Waals surface area contributed by atoms with Crippen LogP contribution in [-0.4, -0.2) is 58.1 Å². The number of nitrogens with zero attached hydrogens (tertiary/aromatic N) is 2. The van der Waals surface area contributed by atoms with Crippen LogP contribution in [0.25, 0.3) is 0 Å². The van der Waals surface area contributed by atoms with Crippen molar-refractivity contribution in [1.82, 2.24) is 14.9 Å². The Morgan fingerprint density at radius 3 is 2.61 bits per heavy atom. The molecule has 160 valence electrons. The van der Waals surface area contributed by atoms with Crippen molar-refractivity contribution < 1.29 is 13.2 Å². The molecular formula is C19H34N4O3S2. The summed E-state index contributed by atoms with van der Waals surface area (Å²) in [6.07, 6.45) is 3.52. The van der Waals surface area contributed by atoms with E-state index >= 15 is 0 Å². The maximum atomic E-state index is 12.7. The van der Waals surface area contributed by atoms with Crippen LogP contribution in [0.15, 0.2) is 21.3 Å². The predicted octanol–water partition coefficient (Wildman–Crippen LogP) is 2.65. The number of aliphatic imine (C=N–C) groups is 1. The Morgan fingerprint density at radius 1 is 1.25 bits per heavy atom. The Balaban J connectivity index is 1.85. The van der Waals surface area contributed by atoms with Crippen molar-refractivity contribution in [1.29, 1.82) is 0 Å². The van der Waals surface area contributed by atoms with Gasteiger partial charge >= 0.3 is 0 Å². The van der Waals surface area contributed by atoms with E-state index in [4.69, 9.17) is 4.74 Å². The molecule has 1 aliphatic heterocycles. The van der Waals surface area contributed by atoms with Crippen molar-refractivity contribution in [2.45, 2.75) is 56.8 Å². The Kier molecular flexibility index (Phi) is 9.20. The number of guanidine groups is 1. The average Bonchev–Trinajstić information content (AvgIpc) is 3.15. The lowest BCUT2D eigenvalue weighted by Gasteiger charge is -2.25. The first-order valence-corrected chi connectivity index (χ1v) is 12.2. The van der Waals surface area contributed by atoms with Gasteiger partial charge in [-0.3, -0.25) is 4.99 Å². The van der Waals surface area contributed by atoms with Crippen LogP contribution in [-0.2, 0) is 21.3 Å². The highest BCUT2D eigenvalue weighted by molar-refractivity contribution is 7.91. The van der Waals surface area contributed by atoms with E-state index in [-0.39, 0.29) is 0 Å². The summed E-state index contributed by atoms with van der Waals surface area (Å²) in [5, 5.41) is 6.68. The third kappa shape index (κ3) is 7.02. The predicted molar refractivity (Wildman–Crippen MR) is 115 cm³/mol. The van der Waals surface area contributed by atoms with E-state index in [1.54, 1.807) is 13.1 Å². The zero-order valence-electron chi connectivity index (χ0n) is 17.4. The Bertz CT molecular complexity index is 725. The first-order chi connectivity index (χ1) is 13.3. The fraction of sp³-hybridized carbons (Fsp3) is 0.737. The molecule has 2 heterocycles. The zero-order valence-corrected chi connectivity index (χ0v) is 19.0. The number of hydrogen-bond acceptors (Lipinski definition) is 5. The van der Waals surface area contributed by atoms with Crippen molar-refractivity contribution in [3.8, 4) is 0 Å². The highest BCUT2D eigenvalue weighted by Crippen LogP contribution is 2.25. The standard InChI is InChI=1S/C19H34N4O3S2/c1-15(2)6-5-7-16(3)22-19(20-4)21-14-17-8-9-18(27-17)28(24,25)23-10-12-26-13-11-23/h8-9,15-16H,5-7,10-14H2,1-4H3,(H2,20,21,22). The summed E-state index contributed by atoms with van der Waals surface area (Å²) in [7, 11) is -1.67. The maximum absolute atomic E-state index is 12.7. The van der Waals surface area contributed by atoms with Gasteiger partial charge in [-0.05, 0) is 31.4 Å². The first kappa shape index (κ1) is 23.1. The molecule has 9 heteroatoms. The molecular weight excluding hydrogens is 396 g/mol. The van der Waals surface area contributed by atoms with Crippen molar-refractivity contribution in [3.05, 3.63) is 17.0 Å². The number of thiophene rings is 1. The lowest BCUT2D eigenvalue weighted by Crippen LogP contribution is -2.41. The molecule has 1 aromatic rings. The van der Waals surface area contributed by atoms with Gasteiger partial charge in [-0.15, -0.1) is 11.3 Å². The summed E-state index contributed by atoms with van der Waals surface area (Å²) in [6.45, 7) is 8.93. The highest BCUT2D eigenvalue weighted by atomic mass is 32.2. The molecule has 0 radical (unpaired) electrons. The van der Waals surface area contributed by atoms with Crippen LogP contribution in [0.3, 0.4) is 0 Å². The second kappa shape index (κ2) is 11.1. The molecule has 0 spiro atoms. The lowest BCUT2D eigenvalue weighted by molar-refractivity contribution is 0.0731. The molecule has 0 saturated carbocycles. The molecule has 1 unspecified atom stereocenters. The van der Waals surface area contributed by atoms with Crippen molar-refractivity contribution in [2.24, 2.45) is 10.9 Å². The van der Waals surface area contributed by atoms with Crippen LogP contribution in [0.1, 0.15) is 44.9 Å². The van der Waals surface area contributed by atoms with Gasteiger partial charge in [0.05, 0.1) is 19.8 Å². The van der Waals surface area contributed by atoms with E-state index in [0.29, 0.717) is 43.1 Å². The van der Waals surface area contributed by atoms with Crippen LogP contribution in [0.5, 0.6) is 0 Å². The molecule has 1 atom stereocenters. The molecule has 1 fully saturated rings. The molecule has 28 heavy (non-hydrogen) atoms. The zero-order chi connectivity index (χ0) is 20.6. The first-order valence-electron chi connectivity index (χ1n) is 9.96. The van der Waals surface area contributed by atoms with Crippen LogP contribution in [0.2, 0.25) is 0 Å². The summed E-state index contributed by atoms with van der Waals surface area (Å²) in [4.78, 5) is 5.23. The summed E-state index contributed by atoms with van der Waals surface area (Å²) in [6, 6.07) is 3.90. The Morgan fingerprint density at radius 2 is 1.96 bits per heavy atom. The monoisotopic (exact) mass is 430 g/mol. The van der Waals surface area contributed by atoms with E-state index in [0.717, 1.165) is 23.2 Å². The molecule has 1 saturated heterocycles. The van der Waals surface area contributed by atoms with E-state index < -0.39 is 10.0 Å². The second-order valence-corrected chi connectivity index (χ2v) is 10.9.